The molecular formula is C24H23Cl2FN3O. The zero-order valence-corrected chi connectivity index (χ0v) is 19.0. The number of aromatic nitrogens is 3. The quantitative estimate of drug-likeness (QED) is 0.432. The second-order valence-corrected chi connectivity index (χ2v) is 9.27. The fraction of sp³-hybridized carbons (Fsp3) is 0.375. The first-order valence-electron chi connectivity index (χ1n) is 10.6. The Balaban J connectivity index is 1.50. The molecule has 4 nitrogen and oxygen atoms in total. The number of nitrogens with zero attached hydrogens (tertiary/aromatic N) is 3. The number of rotatable bonds is 4. The number of ether oxygens (including phenoxy) is 1. The molecule has 1 saturated carbocycles. The molecule has 1 aromatic heterocycles. The number of hydrogen-bond donors (Lipinski definition) is 0. The lowest BCUT2D eigenvalue weighted by Crippen LogP contribution is -2.19. The third kappa shape index (κ3) is 3.72. The molecule has 31 heavy (non-hydrogen) atoms. The fourth-order valence-corrected chi connectivity index (χ4v) is 5.60. The highest BCUT2D eigenvalue weighted by atomic mass is 35.5. The normalized spacial score (nSPS) is 19.2. The summed E-state index contributed by atoms with van der Waals surface area (Å²) in [6, 6.07) is 8.66. The van der Waals surface area contributed by atoms with Gasteiger partial charge in [-0.2, -0.15) is 0 Å². The van der Waals surface area contributed by atoms with E-state index < -0.39 is 5.82 Å². The summed E-state index contributed by atoms with van der Waals surface area (Å²) in [7, 11) is 0. The largest absolute Gasteiger partial charge is 0.482 e. The van der Waals surface area contributed by atoms with Gasteiger partial charge in [0.2, 0.25) is 0 Å². The molecule has 0 spiro atoms. The van der Waals surface area contributed by atoms with Crippen molar-refractivity contribution in [2.45, 2.75) is 52.1 Å². The van der Waals surface area contributed by atoms with Crippen LogP contribution in [0, 0.1) is 31.5 Å². The van der Waals surface area contributed by atoms with Crippen LogP contribution in [0.1, 0.15) is 54.6 Å². The van der Waals surface area contributed by atoms with Crippen LogP contribution in [0.25, 0.3) is 5.69 Å². The molecule has 7 heteroatoms. The number of hydrogen-bond acceptors (Lipinski definition) is 3. The van der Waals surface area contributed by atoms with Gasteiger partial charge < -0.3 is 4.74 Å². The molecule has 2 aliphatic carbocycles. The third-order valence-corrected chi connectivity index (χ3v) is 7.04. The Hall–Kier alpha value is -2.11. The van der Waals surface area contributed by atoms with Crippen molar-refractivity contribution < 1.29 is 9.13 Å². The summed E-state index contributed by atoms with van der Waals surface area (Å²) in [5, 5.41) is 9.33. The number of fused-ring (bicyclic) bond motifs is 1. The predicted octanol–water partition coefficient (Wildman–Crippen LogP) is 6.77. The molecule has 161 valence electrons. The highest BCUT2D eigenvalue weighted by Gasteiger charge is 2.42. The summed E-state index contributed by atoms with van der Waals surface area (Å²) < 4.78 is 23.3. The highest BCUT2D eigenvalue weighted by molar-refractivity contribution is 6.35. The maximum Gasteiger partial charge on any atom is 0.167 e. The lowest BCUT2D eigenvalue weighted by molar-refractivity contribution is 0.194. The Bertz CT molecular complexity index is 1120. The second kappa shape index (κ2) is 8.10. The van der Waals surface area contributed by atoms with E-state index in [1.165, 1.54) is 24.8 Å². The van der Waals surface area contributed by atoms with Gasteiger partial charge in [-0.1, -0.05) is 36.0 Å². The van der Waals surface area contributed by atoms with Crippen LogP contribution >= 0.6 is 23.2 Å². The van der Waals surface area contributed by atoms with Gasteiger partial charge >= 0.3 is 0 Å². The first-order chi connectivity index (χ1) is 14.9. The minimum atomic E-state index is -0.419. The summed E-state index contributed by atoms with van der Waals surface area (Å²) in [6.07, 6.45) is 5.14. The topological polar surface area (TPSA) is 39.9 Å². The first-order valence-corrected chi connectivity index (χ1v) is 11.4. The van der Waals surface area contributed by atoms with Crippen LogP contribution in [-0.4, -0.2) is 14.8 Å². The van der Waals surface area contributed by atoms with Gasteiger partial charge in [-0.3, -0.25) is 4.57 Å². The van der Waals surface area contributed by atoms with Crippen LogP contribution in [0.3, 0.4) is 0 Å². The van der Waals surface area contributed by atoms with E-state index >= 15 is 4.39 Å². The van der Waals surface area contributed by atoms with E-state index in [1.807, 2.05) is 30.5 Å². The van der Waals surface area contributed by atoms with E-state index in [-0.39, 0.29) is 11.9 Å². The highest BCUT2D eigenvalue weighted by Crippen LogP contribution is 2.51. The number of halogens is 3. The summed E-state index contributed by atoms with van der Waals surface area (Å²) in [5.74, 6) is 2.96. The summed E-state index contributed by atoms with van der Waals surface area (Å²) in [6.45, 7) is 3.68. The molecule has 0 saturated heterocycles. The van der Waals surface area contributed by atoms with E-state index in [2.05, 4.69) is 10.2 Å². The average molecular weight is 459 g/mol. The lowest BCUT2D eigenvalue weighted by Gasteiger charge is -2.26. The SMILES string of the molecule is Cc1nnc(C)n1-c1ccc(O[C@H]2[C](C3CCCC3)Cc3c(Cl)cc(Cl)cc32)c(F)c1. The zero-order chi connectivity index (χ0) is 21.7. The van der Waals surface area contributed by atoms with Crippen molar-refractivity contribution in [1.82, 2.24) is 14.8 Å². The van der Waals surface area contributed by atoms with Crippen molar-refractivity contribution in [2.24, 2.45) is 5.92 Å². The van der Waals surface area contributed by atoms with Gasteiger partial charge in [0.15, 0.2) is 11.6 Å². The van der Waals surface area contributed by atoms with Crippen LogP contribution in [0.5, 0.6) is 5.75 Å². The molecule has 2 aliphatic rings. The van der Waals surface area contributed by atoms with Crippen LogP contribution < -0.4 is 4.74 Å². The Labute approximate surface area is 191 Å². The molecule has 1 atom stereocenters. The van der Waals surface area contributed by atoms with Crippen molar-refractivity contribution in [1.29, 1.82) is 0 Å². The monoisotopic (exact) mass is 458 g/mol. The van der Waals surface area contributed by atoms with E-state index in [0.717, 1.165) is 30.4 Å². The van der Waals surface area contributed by atoms with Crippen LogP contribution in [0.2, 0.25) is 10.0 Å². The Morgan fingerprint density at radius 3 is 2.42 bits per heavy atom. The number of benzene rings is 2. The predicted molar refractivity (Wildman–Crippen MR) is 120 cm³/mol. The molecule has 0 N–H and O–H groups in total. The van der Waals surface area contributed by atoms with Gasteiger partial charge in [0.05, 0.1) is 5.69 Å². The molecular weight excluding hydrogens is 436 g/mol. The minimum absolute atomic E-state index is 0.219. The van der Waals surface area contributed by atoms with Crippen molar-refractivity contribution in [3.63, 3.8) is 0 Å². The van der Waals surface area contributed by atoms with Gasteiger partial charge in [0, 0.05) is 22.0 Å². The summed E-state index contributed by atoms with van der Waals surface area (Å²) in [5.41, 5.74) is 2.67. The molecule has 0 amide bonds. The molecule has 1 fully saturated rings. The number of aryl methyl sites for hydroxylation is 2. The maximum atomic E-state index is 15.2. The van der Waals surface area contributed by atoms with Gasteiger partial charge in [-0.15, -0.1) is 10.2 Å². The van der Waals surface area contributed by atoms with Crippen molar-refractivity contribution >= 4 is 23.2 Å². The molecule has 0 aliphatic heterocycles. The van der Waals surface area contributed by atoms with Gasteiger partial charge in [-0.05, 0) is 74.4 Å². The van der Waals surface area contributed by atoms with E-state index in [0.29, 0.717) is 33.3 Å². The molecule has 1 heterocycles. The van der Waals surface area contributed by atoms with Crippen molar-refractivity contribution in [3.05, 3.63) is 74.9 Å². The van der Waals surface area contributed by atoms with Crippen LogP contribution in [-0.2, 0) is 6.42 Å². The third-order valence-electron chi connectivity index (χ3n) is 6.48. The average Bonchev–Trinajstić information content (AvgIpc) is 3.44. The molecule has 0 unspecified atom stereocenters. The van der Waals surface area contributed by atoms with Crippen LogP contribution in [0.4, 0.5) is 4.39 Å². The van der Waals surface area contributed by atoms with E-state index in [4.69, 9.17) is 27.9 Å². The molecule has 1 radical (unpaired) electrons. The Morgan fingerprint density at radius 1 is 1.03 bits per heavy atom. The van der Waals surface area contributed by atoms with Crippen molar-refractivity contribution in [2.75, 3.05) is 0 Å². The fourth-order valence-electron chi connectivity index (χ4n) is 5.03. The summed E-state index contributed by atoms with van der Waals surface area (Å²) in [4.78, 5) is 0. The zero-order valence-electron chi connectivity index (χ0n) is 17.5. The maximum absolute atomic E-state index is 15.2. The summed E-state index contributed by atoms with van der Waals surface area (Å²) >= 11 is 12.8. The van der Waals surface area contributed by atoms with Crippen LogP contribution in [0.15, 0.2) is 30.3 Å². The van der Waals surface area contributed by atoms with Gasteiger partial charge in [0.25, 0.3) is 0 Å². The molecule has 0 bridgehead atoms. The van der Waals surface area contributed by atoms with E-state index in [9.17, 15) is 0 Å². The van der Waals surface area contributed by atoms with Crippen molar-refractivity contribution in [3.8, 4) is 11.4 Å². The lowest BCUT2D eigenvalue weighted by atomic mass is 9.86. The first kappa shape index (κ1) is 20.8. The second-order valence-electron chi connectivity index (χ2n) is 8.43. The molecule has 3 aromatic rings. The molecule has 2 aromatic carbocycles. The molecule has 5 rings (SSSR count). The Morgan fingerprint density at radius 2 is 1.74 bits per heavy atom. The van der Waals surface area contributed by atoms with Gasteiger partial charge in [0.1, 0.15) is 17.8 Å². The van der Waals surface area contributed by atoms with E-state index in [1.54, 1.807) is 12.1 Å². The Kier molecular flexibility index (Phi) is 5.43. The smallest absolute Gasteiger partial charge is 0.167 e. The standard InChI is InChI=1S/C24H23Cl2FN3O/c1-13-28-29-14(2)30(13)17-7-8-23(22(27)11-17)31-24-18(15-5-3-4-6-15)12-19-20(24)9-16(25)10-21(19)26/h7-11,15,24H,3-6,12H2,1-2H3/t24-/m0/s1. The minimum Gasteiger partial charge on any atom is -0.482 e. The van der Waals surface area contributed by atoms with Gasteiger partial charge in [-0.25, -0.2) is 4.39 Å².